The molecule has 2 atom stereocenters. The lowest BCUT2D eigenvalue weighted by Gasteiger charge is -2.20. The maximum atomic E-state index is 12.8. The van der Waals surface area contributed by atoms with Gasteiger partial charge in [-0.3, -0.25) is 4.79 Å². The van der Waals surface area contributed by atoms with Crippen LogP contribution in [0.1, 0.15) is 19.8 Å². The van der Waals surface area contributed by atoms with E-state index in [1.165, 1.54) is 22.6 Å². The monoisotopic (exact) mass is 383 g/mol. The maximum Gasteiger partial charge on any atom is 0.244 e. The Morgan fingerprint density at radius 3 is 2.88 bits per heavy atom. The summed E-state index contributed by atoms with van der Waals surface area (Å²) in [6.45, 7) is 2.39. The number of hydrogen-bond donors (Lipinski definition) is 1. The number of pyridine rings is 1. The van der Waals surface area contributed by atoms with Gasteiger partial charge in [-0.2, -0.15) is 4.31 Å². The minimum Gasteiger partial charge on any atom is -0.473 e. The first-order valence-corrected chi connectivity index (χ1v) is 9.92. The molecule has 1 aromatic rings. The van der Waals surface area contributed by atoms with Crippen molar-refractivity contribution in [1.82, 2.24) is 9.29 Å². The molecule has 0 unspecified atom stereocenters. The molecule has 1 saturated carbocycles. The lowest BCUT2D eigenvalue weighted by atomic mass is 9.98. The van der Waals surface area contributed by atoms with Gasteiger partial charge < -0.3 is 10.5 Å². The number of Topliss-reactive ketones (excluding diaryl/α,β-unsaturated/α-hetero) is 1. The van der Waals surface area contributed by atoms with Crippen LogP contribution in [0.15, 0.2) is 35.1 Å². The number of halogens is 1. The summed E-state index contributed by atoms with van der Waals surface area (Å²) >= 11 is 0. The van der Waals surface area contributed by atoms with E-state index >= 15 is 0 Å². The van der Waals surface area contributed by atoms with Gasteiger partial charge >= 0.3 is 0 Å². The van der Waals surface area contributed by atoms with Crippen molar-refractivity contribution in [1.29, 1.82) is 0 Å². The van der Waals surface area contributed by atoms with E-state index in [0.717, 1.165) is 6.42 Å². The van der Waals surface area contributed by atoms with E-state index in [1.54, 1.807) is 6.92 Å². The first kappa shape index (κ1) is 18.9. The Labute approximate surface area is 152 Å². The molecule has 0 bridgehead atoms. The van der Waals surface area contributed by atoms with Gasteiger partial charge in [-0.1, -0.05) is 6.92 Å². The van der Waals surface area contributed by atoms with Crippen molar-refractivity contribution in [3.8, 4) is 5.88 Å². The Balaban J connectivity index is 1.68. The van der Waals surface area contributed by atoms with Crippen LogP contribution in [0.4, 0.5) is 4.39 Å². The SMILES string of the molecule is CCC(=O)[C@@]12C[C@@H]1CN(S(=O)(=O)c1ccc(OC/C(=C\F)CN)nc1)C2. The van der Waals surface area contributed by atoms with Crippen molar-refractivity contribution in [2.24, 2.45) is 17.1 Å². The molecule has 0 aromatic carbocycles. The third-order valence-corrected chi connectivity index (χ3v) is 6.96. The zero-order valence-electron chi connectivity index (χ0n) is 14.5. The highest BCUT2D eigenvalue weighted by molar-refractivity contribution is 7.89. The second kappa shape index (κ2) is 7.05. The number of nitrogens with two attached hydrogens (primary N) is 1. The number of ether oxygens (including phenoxy) is 1. The van der Waals surface area contributed by atoms with Crippen LogP contribution in [0.3, 0.4) is 0 Å². The minimum absolute atomic E-state index is 0.0251. The van der Waals surface area contributed by atoms with Crippen molar-refractivity contribution in [3.63, 3.8) is 0 Å². The molecule has 1 saturated heterocycles. The Hall–Kier alpha value is -1.84. The van der Waals surface area contributed by atoms with E-state index in [-0.39, 0.29) is 47.7 Å². The number of aromatic nitrogens is 1. The van der Waals surface area contributed by atoms with Gasteiger partial charge in [0.15, 0.2) is 0 Å². The van der Waals surface area contributed by atoms with Crippen LogP contribution in [0, 0.1) is 11.3 Å². The molecule has 1 aliphatic carbocycles. The number of sulfonamides is 1. The fraction of sp³-hybridized carbons (Fsp3) is 0.529. The second-order valence-electron chi connectivity index (χ2n) is 6.72. The molecular formula is C17H22FN3O4S. The van der Waals surface area contributed by atoms with Crippen LogP contribution < -0.4 is 10.5 Å². The molecule has 3 rings (SSSR count). The molecule has 26 heavy (non-hydrogen) atoms. The molecule has 142 valence electrons. The predicted octanol–water partition coefficient (Wildman–Crippen LogP) is 1.26. The third kappa shape index (κ3) is 3.26. The molecule has 7 nitrogen and oxygen atoms in total. The minimum atomic E-state index is -3.71. The van der Waals surface area contributed by atoms with Gasteiger partial charge in [-0.05, 0) is 18.4 Å². The quantitative estimate of drug-likeness (QED) is 0.725. The van der Waals surface area contributed by atoms with Crippen molar-refractivity contribution in [2.75, 3.05) is 26.2 Å². The Morgan fingerprint density at radius 1 is 1.54 bits per heavy atom. The zero-order valence-corrected chi connectivity index (χ0v) is 15.3. The average molecular weight is 383 g/mol. The fourth-order valence-electron chi connectivity index (χ4n) is 3.46. The predicted molar refractivity (Wildman–Crippen MR) is 92.6 cm³/mol. The van der Waals surface area contributed by atoms with Gasteiger partial charge in [-0.15, -0.1) is 0 Å². The van der Waals surface area contributed by atoms with Crippen LogP contribution in [-0.4, -0.2) is 49.7 Å². The summed E-state index contributed by atoms with van der Waals surface area (Å²) in [5, 5.41) is 0. The number of hydrogen-bond acceptors (Lipinski definition) is 6. The first-order valence-electron chi connectivity index (χ1n) is 8.48. The summed E-state index contributed by atoms with van der Waals surface area (Å²) in [4.78, 5) is 16.1. The van der Waals surface area contributed by atoms with Crippen LogP contribution in [-0.2, 0) is 14.8 Å². The van der Waals surface area contributed by atoms with Gasteiger partial charge in [0, 0.05) is 43.1 Å². The van der Waals surface area contributed by atoms with Crippen LogP contribution in [0.2, 0.25) is 0 Å². The number of carbonyl (C=O) groups excluding carboxylic acids is 1. The number of piperidine rings is 1. The van der Waals surface area contributed by atoms with Crippen molar-refractivity contribution < 1.29 is 22.3 Å². The normalized spacial score (nSPS) is 25.8. The molecule has 0 spiro atoms. The molecule has 1 aliphatic heterocycles. The summed E-state index contributed by atoms with van der Waals surface area (Å²) in [5.74, 6) is 0.444. The van der Waals surface area contributed by atoms with Crippen molar-refractivity contribution in [3.05, 3.63) is 30.2 Å². The van der Waals surface area contributed by atoms with E-state index in [1.807, 2.05) is 0 Å². The van der Waals surface area contributed by atoms with Crippen molar-refractivity contribution in [2.45, 2.75) is 24.7 Å². The molecule has 9 heteroatoms. The average Bonchev–Trinajstić information content (AvgIpc) is 3.23. The van der Waals surface area contributed by atoms with Gasteiger partial charge in [0.1, 0.15) is 17.3 Å². The second-order valence-corrected chi connectivity index (χ2v) is 8.66. The number of fused-ring (bicyclic) bond motifs is 1. The summed E-state index contributed by atoms with van der Waals surface area (Å²) in [6.07, 6.45) is 2.80. The van der Waals surface area contributed by atoms with Crippen LogP contribution in [0.5, 0.6) is 5.88 Å². The molecule has 0 radical (unpaired) electrons. The first-order chi connectivity index (χ1) is 12.4. The molecule has 2 heterocycles. The summed E-state index contributed by atoms with van der Waals surface area (Å²) in [6, 6.07) is 2.82. The van der Waals surface area contributed by atoms with Gasteiger partial charge in [0.05, 0.1) is 12.5 Å². The smallest absolute Gasteiger partial charge is 0.244 e. The van der Waals surface area contributed by atoms with E-state index in [2.05, 4.69) is 4.98 Å². The Morgan fingerprint density at radius 2 is 2.31 bits per heavy atom. The van der Waals surface area contributed by atoms with Gasteiger partial charge in [0.2, 0.25) is 15.9 Å². The number of carbonyl (C=O) groups is 1. The number of nitrogens with zero attached hydrogens (tertiary/aromatic N) is 2. The molecular weight excluding hydrogens is 361 g/mol. The molecule has 1 aromatic heterocycles. The molecule has 0 amide bonds. The maximum absolute atomic E-state index is 12.8. The molecule has 2 N–H and O–H groups in total. The van der Waals surface area contributed by atoms with Crippen LogP contribution in [0.25, 0.3) is 0 Å². The fourth-order valence-corrected chi connectivity index (χ4v) is 4.96. The van der Waals surface area contributed by atoms with E-state index in [9.17, 15) is 17.6 Å². The summed E-state index contributed by atoms with van der Waals surface area (Å²) in [7, 11) is -3.71. The van der Waals surface area contributed by atoms with Crippen molar-refractivity contribution >= 4 is 15.8 Å². The van der Waals surface area contributed by atoms with E-state index in [0.29, 0.717) is 19.3 Å². The van der Waals surface area contributed by atoms with E-state index in [4.69, 9.17) is 10.5 Å². The lowest BCUT2D eigenvalue weighted by Crippen LogP contribution is -2.33. The van der Waals surface area contributed by atoms with Gasteiger partial charge in [-0.25, -0.2) is 17.8 Å². The Kier molecular flexibility index (Phi) is 5.14. The van der Waals surface area contributed by atoms with Gasteiger partial charge in [0.25, 0.3) is 0 Å². The summed E-state index contributed by atoms with van der Waals surface area (Å²) < 4.78 is 44.7. The highest BCUT2D eigenvalue weighted by Crippen LogP contribution is 2.59. The van der Waals surface area contributed by atoms with E-state index < -0.39 is 15.4 Å². The number of rotatable bonds is 8. The third-order valence-electron chi connectivity index (χ3n) is 5.16. The zero-order chi connectivity index (χ0) is 18.9. The standard InChI is InChI=1S/C17H22FN3O4S/c1-2-15(22)17-5-13(17)9-21(11-17)26(23,24)14-3-4-16(20-8-14)25-10-12(6-18)7-19/h3-4,6,8,13H,2,5,7,9-11,19H2,1H3/b12-6-/t13-,17-/m1/s1. The summed E-state index contributed by atoms with van der Waals surface area (Å²) in [5.41, 5.74) is 5.13. The number of ketones is 1. The molecule has 2 aliphatic rings. The molecule has 2 fully saturated rings. The highest BCUT2D eigenvalue weighted by Gasteiger charge is 2.65. The lowest BCUT2D eigenvalue weighted by molar-refractivity contribution is -0.123. The largest absolute Gasteiger partial charge is 0.473 e. The van der Waals surface area contributed by atoms with Crippen LogP contribution >= 0.6 is 0 Å². The highest BCUT2D eigenvalue weighted by atomic mass is 32.2. The Bertz CT molecular complexity index is 825. The topological polar surface area (TPSA) is 103 Å².